The van der Waals surface area contributed by atoms with Crippen LogP contribution in [0, 0.1) is 11.3 Å². The SMILES string of the molecule is CCCNCc1ccc(SCc2cccc(C#N)c2)cc1. The summed E-state index contributed by atoms with van der Waals surface area (Å²) >= 11 is 1.80. The summed E-state index contributed by atoms with van der Waals surface area (Å²) in [6, 6.07) is 18.7. The van der Waals surface area contributed by atoms with E-state index in [4.69, 9.17) is 5.26 Å². The molecule has 0 fully saturated rings. The maximum absolute atomic E-state index is 8.90. The van der Waals surface area contributed by atoms with Gasteiger partial charge < -0.3 is 5.32 Å². The summed E-state index contributed by atoms with van der Waals surface area (Å²) in [7, 11) is 0. The van der Waals surface area contributed by atoms with Crippen LogP contribution in [0.25, 0.3) is 0 Å². The van der Waals surface area contributed by atoms with Crippen molar-refractivity contribution in [2.45, 2.75) is 30.5 Å². The summed E-state index contributed by atoms with van der Waals surface area (Å²) in [4.78, 5) is 1.26. The maximum atomic E-state index is 8.90. The highest BCUT2D eigenvalue weighted by atomic mass is 32.2. The van der Waals surface area contributed by atoms with Crippen molar-refractivity contribution in [3.63, 3.8) is 0 Å². The van der Waals surface area contributed by atoms with Gasteiger partial charge in [-0.25, -0.2) is 0 Å². The van der Waals surface area contributed by atoms with Crippen molar-refractivity contribution in [2.75, 3.05) is 6.54 Å². The summed E-state index contributed by atoms with van der Waals surface area (Å²) in [5.41, 5.74) is 3.23. The van der Waals surface area contributed by atoms with Crippen LogP contribution in [0.4, 0.5) is 0 Å². The molecule has 0 heterocycles. The number of hydrogen-bond acceptors (Lipinski definition) is 3. The highest BCUT2D eigenvalue weighted by molar-refractivity contribution is 7.98. The van der Waals surface area contributed by atoms with Crippen molar-refractivity contribution in [1.82, 2.24) is 5.32 Å². The monoisotopic (exact) mass is 296 g/mol. The third-order valence-electron chi connectivity index (χ3n) is 3.14. The Bertz CT molecular complexity index is 599. The number of thioether (sulfide) groups is 1. The Morgan fingerprint density at radius 2 is 1.90 bits per heavy atom. The topological polar surface area (TPSA) is 35.8 Å². The third-order valence-corrected chi connectivity index (χ3v) is 4.22. The van der Waals surface area contributed by atoms with E-state index < -0.39 is 0 Å². The second-order valence-corrected chi connectivity index (χ2v) is 5.97. The Morgan fingerprint density at radius 3 is 2.62 bits per heavy atom. The van der Waals surface area contributed by atoms with E-state index in [1.54, 1.807) is 11.8 Å². The number of nitrogens with one attached hydrogen (secondary N) is 1. The largest absolute Gasteiger partial charge is 0.313 e. The van der Waals surface area contributed by atoms with Gasteiger partial charge in [-0.15, -0.1) is 11.8 Å². The van der Waals surface area contributed by atoms with Crippen LogP contribution in [-0.4, -0.2) is 6.54 Å². The molecule has 2 aromatic carbocycles. The van der Waals surface area contributed by atoms with Gasteiger partial charge >= 0.3 is 0 Å². The minimum Gasteiger partial charge on any atom is -0.313 e. The van der Waals surface area contributed by atoms with Gasteiger partial charge in [0.1, 0.15) is 0 Å². The molecule has 0 aromatic heterocycles. The highest BCUT2D eigenvalue weighted by Crippen LogP contribution is 2.23. The fourth-order valence-electron chi connectivity index (χ4n) is 2.01. The Balaban J connectivity index is 1.87. The predicted octanol–water partition coefficient (Wildman–Crippen LogP) is 4.35. The molecular formula is C18H20N2S. The van der Waals surface area contributed by atoms with E-state index in [1.165, 1.54) is 16.0 Å². The van der Waals surface area contributed by atoms with Gasteiger partial charge in [0.25, 0.3) is 0 Å². The molecule has 0 aliphatic rings. The van der Waals surface area contributed by atoms with Gasteiger partial charge in [-0.2, -0.15) is 5.26 Å². The summed E-state index contributed by atoms with van der Waals surface area (Å²) in [6.45, 7) is 4.17. The molecule has 0 aliphatic heterocycles. The van der Waals surface area contributed by atoms with E-state index in [-0.39, 0.29) is 0 Å². The fourth-order valence-corrected chi connectivity index (χ4v) is 2.85. The average molecular weight is 296 g/mol. The van der Waals surface area contributed by atoms with E-state index in [9.17, 15) is 0 Å². The van der Waals surface area contributed by atoms with Crippen LogP contribution in [0.2, 0.25) is 0 Å². The van der Waals surface area contributed by atoms with Crippen LogP contribution in [-0.2, 0) is 12.3 Å². The lowest BCUT2D eigenvalue weighted by atomic mass is 10.2. The highest BCUT2D eigenvalue weighted by Gasteiger charge is 1.99. The number of nitriles is 1. The van der Waals surface area contributed by atoms with E-state index in [0.717, 1.165) is 30.8 Å². The predicted molar refractivity (Wildman–Crippen MR) is 89.2 cm³/mol. The van der Waals surface area contributed by atoms with E-state index in [0.29, 0.717) is 0 Å². The van der Waals surface area contributed by atoms with Crippen LogP contribution in [0.15, 0.2) is 53.4 Å². The molecule has 2 rings (SSSR count). The minimum absolute atomic E-state index is 0.727. The summed E-state index contributed by atoms with van der Waals surface area (Å²) in [6.07, 6.45) is 1.16. The van der Waals surface area contributed by atoms with Crippen LogP contribution in [0.1, 0.15) is 30.0 Å². The second kappa shape index (κ2) is 8.51. The van der Waals surface area contributed by atoms with Crippen molar-refractivity contribution in [1.29, 1.82) is 5.26 Å². The second-order valence-electron chi connectivity index (χ2n) is 4.92. The zero-order valence-electron chi connectivity index (χ0n) is 12.3. The van der Waals surface area contributed by atoms with E-state index >= 15 is 0 Å². The van der Waals surface area contributed by atoms with Gasteiger partial charge in [0.05, 0.1) is 11.6 Å². The van der Waals surface area contributed by atoms with Crippen molar-refractivity contribution in [3.05, 3.63) is 65.2 Å². The lowest BCUT2D eigenvalue weighted by Crippen LogP contribution is -2.13. The minimum atomic E-state index is 0.727. The Kier molecular flexibility index (Phi) is 6.33. The molecule has 21 heavy (non-hydrogen) atoms. The smallest absolute Gasteiger partial charge is 0.0991 e. The first-order valence-corrected chi connectivity index (χ1v) is 8.22. The lowest BCUT2D eigenvalue weighted by Gasteiger charge is -2.06. The van der Waals surface area contributed by atoms with Gasteiger partial charge in [0, 0.05) is 17.2 Å². The summed E-state index contributed by atoms with van der Waals surface area (Å²) in [5.74, 6) is 0.892. The quantitative estimate of drug-likeness (QED) is 0.609. The standard InChI is InChI=1S/C18H20N2S/c1-2-10-20-13-15-6-8-18(9-7-15)21-14-17-5-3-4-16(11-17)12-19/h3-9,11,20H,2,10,13-14H2,1H3. The van der Waals surface area contributed by atoms with E-state index in [1.807, 2.05) is 18.2 Å². The van der Waals surface area contributed by atoms with Crippen LogP contribution in [0.3, 0.4) is 0 Å². The molecule has 0 unspecified atom stereocenters. The van der Waals surface area contributed by atoms with Crippen molar-refractivity contribution >= 4 is 11.8 Å². The molecular weight excluding hydrogens is 276 g/mol. The van der Waals surface area contributed by atoms with Crippen molar-refractivity contribution < 1.29 is 0 Å². The molecule has 0 radical (unpaired) electrons. The van der Waals surface area contributed by atoms with Gasteiger partial charge in [-0.3, -0.25) is 0 Å². The summed E-state index contributed by atoms with van der Waals surface area (Å²) < 4.78 is 0. The molecule has 2 aromatic rings. The molecule has 0 amide bonds. The summed E-state index contributed by atoms with van der Waals surface area (Å²) in [5, 5.41) is 12.3. The van der Waals surface area contributed by atoms with Crippen LogP contribution in [0.5, 0.6) is 0 Å². The average Bonchev–Trinajstić information content (AvgIpc) is 2.54. The Hall–Kier alpha value is -1.76. The molecule has 0 spiro atoms. The first kappa shape index (κ1) is 15.6. The van der Waals surface area contributed by atoms with Gasteiger partial charge in [-0.1, -0.05) is 31.2 Å². The molecule has 2 nitrogen and oxygen atoms in total. The molecule has 0 saturated heterocycles. The lowest BCUT2D eigenvalue weighted by molar-refractivity contribution is 0.675. The number of hydrogen-bond donors (Lipinski definition) is 1. The Morgan fingerprint density at radius 1 is 1.10 bits per heavy atom. The molecule has 0 bridgehead atoms. The molecule has 0 aliphatic carbocycles. The maximum Gasteiger partial charge on any atom is 0.0991 e. The van der Waals surface area contributed by atoms with Crippen molar-refractivity contribution in [2.24, 2.45) is 0 Å². The molecule has 0 atom stereocenters. The number of benzene rings is 2. The van der Waals surface area contributed by atoms with Crippen molar-refractivity contribution in [3.8, 4) is 6.07 Å². The normalized spacial score (nSPS) is 10.3. The fraction of sp³-hybridized carbons (Fsp3) is 0.278. The molecule has 3 heteroatoms. The van der Waals surface area contributed by atoms with Gasteiger partial charge in [-0.05, 0) is 48.4 Å². The molecule has 0 saturated carbocycles. The zero-order chi connectivity index (χ0) is 14.9. The first-order valence-electron chi connectivity index (χ1n) is 7.23. The van der Waals surface area contributed by atoms with Crippen LogP contribution < -0.4 is 5.32 Å². The number of nitrogens with zero attached hydrogens (tertiary/aromatic N) is 1. The third kappa shape index (κ3) is 5.26. The van der Waals surface area contributed by atoms with Gasteiger partial charge in [0.15, 0.2) is 0 Å². The Labute approximate surface area is 131 Å². The molecule has 108 valence electrons. The number of rotatable bonds is 7. The zero-order valence-corrected chi connectivity index (χ0v) is 13.1. The van der Waals surface area contributed by atoms with Gasteiger partial charge in [0.2, 0.25) is 0 Å². The van der Waals surface area contributed by atoms with Crippen LogP contribution >= 0.6 is 11.8 Å². The molecule has 1 N–H and O–H groups in total. The van der Waals surface area contributed by atoms with E-state index in [2.05, 4.69) is 48.6 Å². The first-order chi connectivity index (χ1) is 10.3.